The van der Waals surface area contributed by atoms with Crippen molar-refractivity contribution in [2.75, 3.05) is 0 Å². The van der Waals surface area contributed by atoms with Gasteiger partial charge in [-0.2, -0.15) is 5.10 Å². The van der Waals surface area contributed by atoms with E-state index in [-0.39, 0.29) is 11.7 Å². The molecular formula is C15H13BrN2O2. The minimum Gasteiger partial charge on any atom is -0.507 e. The van der Waals surface area contributed by atoms with Crippen molar-refractivity contribution < 1.29 is 9.90 Å². The number of halogens is 1. The van der Waals surface area contributed by atoms with Gasteiger partial charge in [-0.25, -0.2) is 5.43 Å². The number of hydrazone groups is 1. The van der Waals surface area contributed by atoms with E-state index < -0.39 is 0 Å². The van der Waals surface area contributed by atoms with Crippen LogP contribution in [0.4, 0.5) is 0 Å². The van der Waals surface area contributed by atoms with Crippen LogP contribution in [-0.2, 0) is 0 Å². The van der Waals surface area contributed by atoms with Crippen LogP contribution in [-0.4, -0.2) is 17.2 Å². The standard InChI is InChI=1S/C15H13BrN2O2/c1-10-5-4-6-11(14(10)19)9-17-18-15(20)12-7-2-3-8-13(12)16/h2-9,19H,1H3,(H,18,20)/b17-9+. The fourth-order valence-electron chi connectivity index (χ4n) is 1.65. The number of hydrogen-bond donors (Lipinski definition) is 2. The quantitative estimate of drug-likeness (QED) is 0.669. The highest BCUT2D eigenvalue weighted by atomic mass is 79.9. The SMILES string of the molecule is Cc1cccc(/C=N/NC(=O)c2ccccc2Br)c1O. The van der Waals surface area contributed by atoms with Crippen molar-refractivity contribution in [1.82, 2.24) is 5.43 Å². The second kappa shape index (κ2) is 6.34. The Balaban J connectivity index is 2.09. The Hall–Kier alpha value is -2.14. The third-order valence-electron chi connectivity index (χ3n) is 2.76. The number of rotatable bonds is 3. The molecule has 0 aromatic heterocycles. The first kappa shape index (κ1) is 14.3. The number of carbonyl (C=O) groups is 1. The molecule has 0 aliphatic rings. The highest BCUT2D eigenvalue weighted by molar-refractivity contribution is 9.10. The van der Waals surface area contributed by atoms with E-state index in [0.717, 1.165) is 5.56 Å². The second-order valence-corrected chi connectivity index (χ2v) is 5.05. The maximum absolute atomic E-state index is 11.9. The molecule has 2 rings (SSSR count). The molecule has 0 spiro atoms. The summed E-state index contributed by atoms with van der Waals surface area (Å²) in [6, 6.07) is 12.4. The molecule has 0 radical (unpaired) electrons. The van der Waals surface area contributed by atoms with E-state index in [1.807, 2.05) is 12.1 Å². The van der Waals surface area contributed by atoms with Gasteiger partial charge in [-0.15, -0.1) is 0 Å². The lowest BCUT2D eigenvalue weighted by atomic mass is 10.1. The van der Waals surface area contributed by atoms with E-state index in [4.69, 9.17) is 0 Å². The van der Waals surface area contributed by atoms with Crippen LogP contribution < -0.4 is 5.43 Å². The third-order valence-corrected chi connectivity index (χ3v) is 3.45. The van der Waals surface area contributed by atoms with Gasteiger partial charge in [-0.3, -0.25) is 4.79 Å². The smallest absolute Gasteiger partial charge is 0.272 e. The van der Waals surface area contributed by atoms with Crippen LogP contribution >= 0.6 is 15.9 Å². The number of aryl methyl sites for hydroxylation is 1. The van der Waals surface area contributed by atoms with E-state index in [1.54, 1.807) is 37.3 Å². The number of nitrogens with zero attached hydrogens (tertiary/aromatic N) is 1. The average Bonchev–Trinajstić information content (AvgIpc) is 2.44. The predicted molar refractivity (Wildman–Crippen MR) is 82.0 cm³/mol. The molecule has 5 heteroatoms. The van der Waals surface area contributed by atoms with Gasteiger partial charge in [0.05, 0.1) is 11.8 Å². The second-order valence-electron chi connectivity index (χ2n) is 4.19. The summed E-state index contributed by atoms with van der Waals surface area (Å²) in [5.41, 5.74) is 4.23. The average molecular weight is 333 g/mol. The van der Waals surface area contributed by atoms with E-state index in [1.165, 1.54) is 6.21 Å². The lowest BCUT2D eigenvalue weighted by Gasteiger charge is -2.03. The van der Waals surface area contributed by atoms with Gasteiger partial charge >= 0.3 is 0 Å². The lowest BCUT2D eigenvalue weighted by molar-refractivity contribution is 0.0954. The molecule has 2 aromatic carbocycles. The molecular weight excluding hydrogens is 320 g/mol. The topological polar surface area (TPSA) is 61.7 Å². The number of hydrogen-bond acceptors (Lipinski definition) is 3. The molecule has 0 saturated carbocycles. The molecule has 0 saturated heterocycles. The molecule has 0 unspecified atom stereocenters. The Bertz CT molecular complexity index is 669. The maximum atomic E-state index is 11.9. The molecule has 1 amide bonds. The molecule has 2 N–H and O–H groups in total. The van der Waals surface area contributed by atoms with E-state index >= 15 is 0 Å². The lowest BCUT2D eigenvalue weighted by Crippen LogP contribution is -2.18. The normalized spacial score (nSPS) is 10.7. The number of benzene rings is 2. The summed E-state index contributed by atoms with van der Waals surface area (Å²) in [7, 11) is 0. The van der Waals surface area contributed by atoms with E-state index in [2.05, 4.69) is 26.5 Å². The molecule has 4 nitrogen and oxygen atoms in total. The van der Waals surface area contributed by atoms with Gasteiger partial charge in [0, 0.05) is 10.0 Å². The first-order valence-corrected chi connectivity index (χ1v) is 6.75. The number of para-hydroxylation sites is 1. The zero-order valence-corrected chi connectivity index (χ0v) is 12.4. The van der Waals surface area contributed by atoms with Crippen LogP contribution in [0.5, 0.6) is 5.75 Å². The summed E-state index contributed by atoms with van der Waals surface area (Å²) in [6.07, 6.45) is 1.41. The molecule has 0 aliphatic heterocycles. The fraction of sp³-hybridized carbons (Fsp3) is 0.0667. The molecule has 102 valence electrons. The Morgan fingerprint density at radius 2 is 2.00 bits per heavy atom. The summed E-state index contributed by atoms with van der Waals surface area (Å²) in [5, 5.41) is 13.7. The Kier molecular flexibility index (Phi) is 4.53. The summed E-state index contributed by atoms with van der Waals surface area (Å²) >= 11 is 3.30. The predicted octanol–water partition coefficient (Wildman–Crippen LogP) is 3.23. The number of phenolic OH excluding ortho intramolecular Hbond substituents is 1. The summed E-state index contributed by atoms with van der Waals surface area (Å²) in [5.74, 6) is -0.160. The molecule has 2 aromatic rings. The van der Waals surface area contributed by atoms with Crippen molar-refractivity contribution >= 4 is 28.1 Å². The minimum absolute atomic E-state index is 0.159. The summed E-state index contributed by atoms with van der Waals surface area (Å²) in [4.78, 5) is 11.9. The molecule has 0 aliphatic carbocycles. The number of phenols is 1. The number of nitrogens with one attached hydrogen (secondary N) is 1. The van der Waals surface area contributed by atoms with E-state index in [0.29, 0.717) is 15.6 Å². The highest BCUT2D eigenvalue weighted by Gasteiger charge is 2.07. The Morgan fingerprint density at radius 3 is 2.75 bits per heavy atom. The first-order chi connectivity index (χ1) is 9.59. The fourth-order valence-corrected chi connectivity index (χ4v) is 2.12. The molecule has 0 bridgehead atoms. The number of carbonyl (C=O) groups excluding carboxylic acids is 1. The number of aromatic hydroxyl groups is 1. The number of amides is 1. The van der Waals surface area contributed by atoms with Crippen LogP contribution in [0, 0.1) is 6.92 Å². The van der Waals surface area contributed by atoms with Gasteiger partial charge in [0.25, 0.3) is 5.91 Å². The monoisotopic (exact) mass is 332 g/mol. The molecule has 20 heavy (non-hydrogen) atoms. The summed E-state index contributed by atoms with van der Waals surface area (Å²) in [6.45, 7) is 1.80. The Morgan fingerprint density at radius 1 is 1.25 bits per heavy atom. The van der Waals surface area contributed by atoms with Crippen molar-refractivity contribution in [3.8, 4) is 5.75 Å². The van der Waals surface area contributed by atoms with Crippen LogP contribution in [0.2, 0.25) is 0 Å². The van der Waals surface area contributed by atoms with Gasteiger partial charge in [0.15, 0.2) is 0 Å². The van der Waals surface area contributed by atoms with Gasteiger partial charge in [0.1, 0.15) is 5.75 Å². The van der Waals surface area contributed by atoms with Crippen molar-refractivity contribution in [1.29, 1.82) is 0 Å². The van der Waals surface area contributed by atoms with Crippen molar-refractivity contribution in [2.24, 2.45) is 5.10 Å². The van der Waals surface area contributed by atoms with Gasteiger partial charge in [-0.05, 0) is 46.6 Å². The minimum atomic E-state index is -0.319. The van der Waals surface area contributed by atoms with Crippen LogP contribution in [0.25, 0.3) is 0 Å². The Labute approximate surface area is 125 Å². The first-order valence-electron chi connectivity index (χ1n) is 5.96. The van der Waals surface area contributed by atoms with Gasteiger partial charge in [0.2, 0.25) is 0 Å². The van der Waals surface area contributed by atoms with Crippen LogP contribution in [0.1, 0.15) is 21.5 Å². The van der Waals surface area contributed by atoms with Crippen LogP contribution in [0.15, 0.2) is 52.0 Å². The third kappa shape index (κ3) is 3.24. The van der Waals surface area contributed by atoms with Crippen LogP contribution in [0.3, 0.4) is 0 Å². The largest absolute Gasteiger partial charge is 0.507 e. The van der Waals surface area contributed by atoms with E-state index in [9.17, 15) is 9.90 Å². The van der Waals surface area contributed by atoms with Crippen molar-refractivity contribution in [2.45, 2.75) is 6.92 Å². The zero-order chi connectivity index (χ0) is 14.5. The van der Waals surface area contributed by atoms with Crippen molar-refractivity contribution in [3.05, 3.63) is 63.6 Å². The molecule has 0 heterocycles. The van der Waals surface area contributed by atoms with Gasteiger partial charge < -0.3 is 5.11 Å². The summed E-state index contributed by atoms with van der Waals surface area (Å²) < 4.78 is 0.700. The maximum Gasteiger partial charge on any atom is 0.272 e. The van der Waals surface area contributed by atoms with Gasteiger partial charge in [-0.1, -0.05) is 24.3 Å². The molecule has 0 fully saturated rings. The highest BCUT2D eigenvalue weighted by Crippen LogP contribution is 2.19. The zero-order valence-electron chi connectivity index (χ0n) is 10.8. The van der Waals surface area contributed by atoms with Crippen molar-refractivity contribution in [3.63, 3.8) is 0 Å². The molecule has 0 atom stereocenters.